The van der Waals surface area contributed by atoms with E-state index in [0.717, 1.165) is 23.5 Å². The van der Waals surface area contributed by atoms with Gasteiger partial charge in [-0.2, -0.15) is 13.2 Å². The van der Waals surface area contributed by atoms with Crippen LogP contribution in [0, 0.1) is 11.6 Å². The van der Waals surface area contributed by atoms with Gasteiger partial charge in [0.25, 0.3) is 5.91 Å². The maximum absolute atomic E-state index is 14.1. The summed E-state index contributed by atoms with van der Waals surface area (Å²) in [5.41, 5.74) is 6.11. The molecule has 0 radical (unpaired) electrons. The van der Waals surface area contributed by atoms with Crippen molar-refractivity contribution in [1.82, 2.24) is 15.3 Å². The molecule has 0 atom stereocenters. The highest BCUT2D eigenvalue weighted by Gasteiger charge is 2.30. The predicted octanol–water partition coefficient (Wildman–Crippen LogP) is 3.55. The third kappa shape index (κ3) is 5.95. The lowest BCUT2D eigenvalue weighted by Crippen LogP contribution is -2.24. The second kappa shape index (κ2) is 9.99. The molecule has 0 spiro atoms. The monoisotopic (exact) mass is 501 g/mol. The van der Waals surface area contributed by atoms with Crippen LogP contribution in [0.2, 0.25) is 0 Å². The SMILES string of the molecule is CNC(=O)c1c(N)ccnc1CC(=O)Nc1nc(-c2cc(F)c(OCC(F)(F)F)c(F)c2)cs1. The molecular weight excluding hydrogens is 485 g/mol. The van der Waals surface area contributed by atoms with E-state index in [1.165, 1.54) is 24.7 Å². The van der Waals surface area contributed by atoms with Crippen LogP contribution in [0.15, 0.2) is 29.8 Å². The average molecular weight is 501 g/mol. The Balaban J connectivity index is 1.74. The molecule has 14 heteroatoms. The molecule has 8 nitrogen and oxygen atoms in total. The molecule has 180 valence electrons. The molecule has 0 aliphatic carbocycles. The largest absolute Gasteiger partial charge is 0.478 e. The van der Waals surface area contributed by atoms with Gasteiger partial charge in [0.1, 0.15) is 0 Å². The zero-order chi connectivity index (χ0) is 25.0. The molecule has 0 aliphatic rings. The number of amides is 2. The van der Waals surface area contributed by atoms with Crippen molar-refractivity contribution in [3.63, 3.8) is 0 Å². The Morgan fingerprint density at radius 2 is 1.88 bits per heavy atom. The number of benzene rings is 1. The number of anilines is 2. The van der Waals surface area contributed by atoms with Gasteiger partial charge in [0.15, 0.2) is 29.1 Å². The summed E-state index contributed by atoms with van der Waals surface area (Å²) < 4.78 is 69.2. The fourth-order valence-corrected chi connectivity index (χ4v) is 3.56. The molecule has 0 saturated heterocycles. The summed E-state index contributed by atoms with van der Waals surface area (Å²) in [5, 5.41) is 6.35. The minimum Gasteiger partial charge on any atom is -0.478 e. The molecule has 34 heavy (non-hydrogen) atoms. The first-order chi connectivity index (χ1) is 16.0. The predicted molar refractivity (Wildman–Crippen MR) is 113 cm³/mol. The average Bonchev–Trinajstić information content (AvgIpc) is 3.20. The lowest BCUT2D eigenvalue weighted by atomic mass is 10.1. The molecule has 2 aromatic heterocycles. The first kappa shape index (κ1) is 24.8. The van der Waals surface area contributed by atoms with Crippen molar-refractivity contribution in [2.75, 3.05) is 24.7 Å². The van der Waals surface area contributed by atoms with Crippen LogP contribution in [0.25, 0.3) is 11.3 Å². The van der Waals surface area contributed by atoms with E-state index < -0.39 is 42.0 Å². The lowest BCUT2D eigenvalue weighted by molar-refractivity contribution is -0.154. The number of hydrogen-bond donors (Lipinski definition) is 3. The van der Waals surface area contributed by atoms with Crippen LogP contribution in [-0.4, -0.2) is 41.6 Å². The van der Waals surface area contributed by atoms with E-state index in [9.17, 15) is 31.5 Å². The number of ether oxygens (including phenoxy) is 1. The van der Waals surface area contributed by atoms with Gasteiger partial charge < -0.3 is 21.1 Å². The van der Waals surface area contributed by atoms with Crippen molar-refractivity contribution >= 4 is 34.0 Å². The number of halogens is 5. The quantitative estimate of drug-likeness (QED) is 0.426. The molecule has 3 rings (SSSR count). The zero-order valence-electron chi connectivity index (χ0n) is 17.3. The Hall–Kier alpha value is -3.81. The second-order valence-electron chi connectivity index (χ2n) is 6.74. The molecule has 0 unspecified atom stereocenters. The van der Waals surface area contributed by atoms with E-state index in [2.05, 4.69) is 25.3 Å². The van der Waals surface area contributed by atoms with Crippen LogP contribution in [0.5, 0.6) is 5.75 Å². The summed E-state index contributed by atoms with van der Waals surface area (Å²) in [4.78, 5) is 32.5. The first-order valence-corrected chi connectivity index (χ1v) is 10.3. The number of carbonyl (C=O) groups is 2. The standard InChI is InChI=1S/C20H16F5N5O3S/c1-27-18(32)16-12(26)2-3-28-13(16)6-15(31)30-19-29-14(7-34-19)9-4-10(21)17(11(22)5-9)33-8-20(23,24)25/h2-5,7H,6,8H2,1H3,(H2,26,28)(H,27,32)(H,29,30,31). The molecule has 2 heterocycles. The molecule has 1 aromatic carbocycles. The maximum Gasteiger partial charge on any atom is 0.422 e. The highest BCUT2D eigenvalue weighted by atomic mass is 32.1. The Labute approximate surface area is 193 Å². The van der Waals surface area contributed by atoms with E-state index in [4.69, 9.17) is 5.73 Å². The van der Waals surface area contributed by atoms with Crippen molar-refractivity contribution in [3.05, 3.63) is 52.7 Å². The molecule has 0 bridgehead atoms. The summed E-state index contributed by atoms with van der Waals surface area (Å²) in [6, 6.07) is 2.94. The summed E-state index contributed by atoms with van der Waals surface area (Å²) in [6.07, 6.45) is -3.73. The van der Waals surface area contributed by atoms with Crippen molar-refractivity contribution in [3.8, 4) is 17.0 Å². The lowest BCUT2D eigenvalue weighted by Gasteiger charge is -2.11. The topological polar surface area (TPSA) is 119 Å². The van der Waals surface area contributed by atoms with Crippen LogP contribution in [0.3, 0.4) is 0 Å². The normalized spacial score (nSPS) is 11.2. The van der Waals surface area contributed by atoms with E-state index in [0.29, 0.717) is 0 Å². The van der Waals surface area contributed by atoms with Gasteiger partial charge in [-0.25, -0.2) is 13.8 Å². The van der Waals surface area contributed by atoms with Crippen LogP contribution in [-0.2, 0) is 11.2 Å². The number of nitrogens with one attached hydrogen (secondary N) is 2. The summed E-state index contributed by atoms with van der Waals surface area (Å²) in [7, 11) is 1.40. The van der Waals surface area contributed by atoms with Crippen molar-refractivity contribution in [2.45, 2.75) is 12.6 Å². The van der Waals surface area contributed by atoms with Gasteiger partial charge in [0, 0.05) is 29.9 Å². The summed E-state index contributed by atoms with van der Waals surface area (Å²) in [6.45, 7) is -1.85. The molecule has 0 saturated carbocycles. The van der Waals surface area contributed by atoms with Crippen molar-refractivity contribution < 1.29 is 36.3 Å². The van der Waals surface area contributed by atoms with Crippen LogP contribution < -0.4 is 21.1 Å². The third-order valence-electron chi connectivity index (χ3n) is 4.27. The smallest absolute Gasteiger partial charge is 0.422 e. The van der Waals surface area contributed by atoms with Gasteiger partial charge in [0.2, 0.25) is 5.91 Å². The second-order valence-corrected chi connectivity index (χ2v) is 7.59. The van der Waals surface area contributed by atoms with Crippen molar-refractivity contribution in [1.29, 1.82) is 0 Å². The summed E-state index contributed by atoms with van der Waals surface area (Å²) in [5.74, 6) is -4.94. The molecule has 4 N–H and O–H groups in total. The molecule has 3 aromatic rings. The molecule has 0 fully saturated rings. The Kier molecular flexibility index (Phi) is 7.29. The molecular formula is C20H16F5N5O3S. The van der Waals surface area contributed by atoms with E-state index in [-0.39, 0.29) is 39.8 Å². The number of aromatic nitrogens is 2. The number of nitrogens with two attached hydrogens (primary N) is 1. The van der Waals surface area contributed by atoms with E-state index >= 15 is 0 Å². The number of pyridine rings is 1. The number of rotatable bonds is 7. The highest BCUT2D eigenvalue weighted by Crippen LogP contribution is 2.32. The number of thiazole rings is 1. The molecule has 2 amide bonds. The van der Waals surface area contributed by atoms with Crippen LogP contribution in [0.4, 0.5) is 32.8 Å². The third-order valence-corrected chi connectivity index (χ3v) is 5.03. The van der Waals surface area contributed by atoms with Gasteiger partial charge in [-0.05, 0) is 18.2 Å². The number of hydrogen-bond acceptors (Lipinski definition) is 7. The van der Waals surface area contributed by atoms with Crippen LogP contribution in [0.1, 0.15) is 16.1 Å². The van der Waals surface area contributed by atoms with Gasteiger partial charge in [-0.3, -0.25) is 14.6 Å². The van der Waals surface area contributed by atoms with Gasteiger partial charge >= 0.3 is 6.18 Å². The number of nitrogens with zero attached hydrogens (tertiary/aromatic N) is 2. The van der Waals surface area contributed by atoms with Gasteiger partial charge in [-0.1, -0.05) is 0 Å². The Morgan fingerprint density at radius 1 is 1.21 bits per heavy atom. The van der Waals surface area contributed by atoms with Crippen molar-refractivity contribution in [2.24, 2.45) is 0 Å². The highest BCUT2D eigenvalue weighted by molar-refractivity contribution is 7.14. The molecule has 0 aliphatic heterocycles. The van der Waals surface area contributed by atoms with Gasteiger partial charge in [0.05, 0.1) is 23.4 Å². The van der Waals surface area contributed by atoms with Crippen LogP contribution >= 0.6 is 11.3 Å². The Bertz CT molecular complexity index is 1210. The number of nitrogen functional groups attached to an aromatic ring is 1. The summed E-state index contributed by atoms with van der Waals surface area (Å²) >= 11 is 0.939. The van der Waals surface area contributed by atoms with Gasteiger partial charge in [-0.15, -0.1) is 11.3 Å². The van der Waals surface area contributed by atoms with E-state index in [1.54, 1.807) is 0 Å². The fraction of sp³-hybridized carbons (Fsp3) is 0.200. The minimum atomic E-state index is -4.76. The zero-order valence-corrected chi connectivity index (χ0v) is 18.1. The fourth-order valence-electron chi connectivity index (χ4n) is 2.82. The minimum absolute atomic E-state index is 0.0544. The van der Waals surface area contributed by atoms with E-state index in [1.807, 2.05) is 0 Å². The Morgan fingerprint density at radius 3 is 2.50 bits per heavy atom. The number of alkyl halides is 3. The first-order valence-electron chi connectivity index (χ1n) is 9.38. The maximum atomic E-state index is 14.1. The number of carbonyl (C=O) groups excluding carboxylic acids is 2.